The van der Waals surface area contributed by atoms with E-state index in [2.05, 4.69) is 0 Å². The van der Waals surface area contributed by atoms with E-state index >= 15 is 0 Å². The van der Waals surface area contributed by atoms with E-state index in [-0.39, 0.29) is 82.7 Å². The molecular weight excluding hydrogens is 413 g/mol. The Kier molecular flexibility index (Phi) is 132. The molecule has 0 amide bonds. The molecule has 0 fully saturated rings. The Hall–Kier alpha value is 2.64. The van der Waals surface area contributed by atoms with Crippen molar-refractivity contribution in [2.75, 3.05) is 0 Å². The topological polar surface area (TPSA) is 0 Å². The first-order valence-corrected chi connectivity index (χ1v) is 0. The van der Waals surface area contributed by atoms with Gasteiger partial charge in [0.05, 0.1) is 0 Å². The third-order valence-electron chi connectivity index (χ3n) is 0. The molecule has 0 aromatic carbocycles. The molecule has 0 aliphatic rings. The summed E-state index contributed by atoms with van der Waals surface area (Å²) in [7, 11) is 0. The Balaban J connectivity index is 0. The van der Waals surface area contributed by atoms with E-state index in [0.717, 1.165) is 0 Å². The van der Waals surface area contributed by atoms with Crippen molar-refractivity contribution in [3.63, 3.8) is 0 Å². The van der Waals surface area contributed by atoms with Crippen LogP contribution in [-0.2, 0) is 41.9 Å². The summed E-state index contributed by atoms with van der Waals surface area (Å²) >= 11 is 0. The van der Waals surface area contributed by atoms with Crippen LogP contribution in [-0.4, -0.2) is 27.3 Å². The summed E-state index contributed by atoms with van der Waals surface area (Å²) in [5, 5.41) is 0. The van der Waals surface area contributed by atoms with Crippen LogP contribution in [0.25, 0.3) is 0 Å². The Morgan fingerprint density at radius 3 is 1.00 bits per heavy atom. The summed E-state index contributed by atoms with van der Waals surface area (Å²) in [5.74, 6) is 0. The van der Waals surface area contributed by atoms with Gasteiger partial charge in [-0.1, -0.05) is 0 Å². The van der Waals surface area contributed by atoms with E-state index in [1.807, 2.05) is 0 Å². The first kappa shape index (κ1) is 30.3. The van der Waals surface area contributed by atoms with Gasteiger partial charge in [0.2, 0.25) is 0 Å². The number of hydrogen-bond acceptors (Lipinski definition) is 0. The third-order valence-corrected chi connectivity index (χ3v) is 0. The maximum atomic E-state index is 0. The van der Waals surface area contributed by atoms with Gasteiger partial charge in [-0.3, -0.25) is 0 Å². The molecule has 4 heavy (non-hydrogen) atoms. The molecule has 0 atom stereocenters. The smallest absolute Gasteiger partial charge is 0 e. The van der Waals surface area contributed by atoms with E-state index in [1.54, 1.807) is 0 Å². The van der Waals surface area contributed by atoms with Gasteiger partial charge >= 0.3 is 27.3 Å². The largest absolute Gasteiger partial charge is 0 e. The molecule has 0 saturated carbocycles. The third kappa shape index (κ3) is 8.82. The second-order valence-electron chi connectivity index (χ2n) is 0. The van der Waals surface area contributed by atoms with Crippen LogP contribution in [0.4, 0.5) is 0 Å². The molecule has 0 aliphatic carbocycles. The zero-order valence-electron chi connectivity index (χ0n) is 2.22. The van der Waals surface area contributed by atoms with Gasteiger partial charge in [-0.15, -0.1) is 0 Å². The SMILES string of the molecule is S.[Ag].[PbH2].[Zn]. The maximum Gasteiger partial charge on any atom is 0 e. The zero-order chi connectivity index (χ0) is 0. The van der Waals surface area contributed by atoms with Crippen molar-refractivity contribution >= 4 is 40.8 Å². The normalized spacial score (nSPS) is 0. The van der Waals surface area contributed by atoms with Crippen molar-refractivity contribution in [2.24, 2.45) is 0 Å². The molecular formula is H4AgPbSZn. The quantitative estimate of drug-likeness (QED) is 0.454. The molecule has 27 valence electrons. The second kappa shape index (κ2) is 17.4. The predicted molar refractivity (Wildman–Crippen MR) is 18.9 cm³/mol. The van der Waals surface area contributed by atoms with Crippen LogP contribution in [0.1, 0.15) is 0 Å². The first-order chi connectivity index (χ1) is 0. The molecule has 0 N–H and O–H groups in total. The molecule has 4 heteroatoms. The monoisotopic (exact) mass is 415 g/mol. The van der Waals surface area contributed by atoms with E-state index in [1.165, 1.54) is 0 Å². The Bertz CT molecular complexity index is 8.00. The standard InChI is InChI=1S/Ag.Pb.H2S.Zn.2H/h;;1H2;;;. The molecule has 0 nitrogen and oxygen atoms in total. The Labute approximate surface area is 81.4 Å². The molecule has 0 saturated heterocycles. The molecule has 0 aliphatic heterocycles. The van der Waals surface area contributed by atoms with Crippen molar-refractivity contribution in [3.05, 3.63) is 0 Å². The summed E-state index contributed by atoms with van der Waals surface area (Å²) < 4.78 is 0. The van der Waals surface area contributed by atoms with Crippen molar-refractivity contribution in [3.8, 4) is 0 Å². The Morgan fingerprint density at radius 1 is 1.00 bits per heavy atom. The van der Waals surface area contributed by atoms with Crippen LogP contribution in [0.3, 0.4) is 0 Å². The van der Waals surface area contributed by atoms with Gasteiger partial charge in [-0.05, 0) is 0 Å². The minimum atomic E-state index is 0. The summed E-state index contributed by atoms with van der Waals surface area (Å²) in [6.07, 6.45) is 0. The van der Waals surface area contributed by atoms with Gasteiger partial charge in [0.15, 0.2) is 0 Å². The van der Waals surface area contributed by atoms with Crippen LogP contribution in [0.2, 0.25) is 0 Å². The zero-order valence-corrected chi connectivity index (χ0v) is 13.2. The summed E-state index contributed by atoms with van der Waals surface area (Å²) in [5.41, 5.74) is 0. The molecule has 0 unspecified atom stereocenters. The Morgan fingerprint density at radius 2 is 1.00 bits per heavy atom. The molecule has 0 aromatic heterocycles. The van der Waals surface area contributed by atoms with Gasteiger partial charge in [-0.25, -0.2) is 0 Å². The van der Waals surface area contributed by atoms with Gasteiger partial charge in [0.1, 0.15) is 0 Å². The fourth-order valence-electron chi connectivity index (χ4n) is 0. The molecule has 3 radical (unpaired) electrons. The second-order valence-corrected chi connectivity index (χ2v) is 0. The maximum absolute atomic E-state index is 0. The van der Waals surface area contributed by atoms with E-state index in [9.17, 15) is 0 Å². The summed E-state index contributed by atoms with van der Waals surface area (Å²) in [4.78, 5) is 0. The van der Waals surface area contributed by atoms with Gasteiger partial charge in [-0.2, -0.15) is 13.5 Å². The average Bonchev–Trinajstić information content (AvgIpc) is 0. The molecule has 0 spiro atoms. The van der Waals surface area contributed by atoms with Gasteiger partial charge in [0, 0.05) is 41.9 Å². The van der Waals surface area contributed by atoms with Crippen molar-refractivity contribution < 1.29 is 41.9 Å². The van der Waals surface area contributed by atoms with E-state index in [4.69, 9.17) is 0 Å². The van der Waals surface area contributed by atoms with Crippen molar-refractivity contribution in [1.29, 1.82) is 0 Å². The average molecular weight is 417 g/mol. The fraction of sp³-hybridized carbons (Fsp3) is 0. The first-order valence-electron chi connectivity index (χ1n) is 0. The van der Waals surface area contributed by atoms with E-state index in [0.29, 0.717) is 0 Å². The van der Waals surface area contributed by atoms with Gasteiger partial charge < -0.3 is 0 Å². The number of hydrogen-bond donors (Lipinski definition) is 0. The van der Waals surface area contributed by atoms with Gasteiger partial charge in [0.25, 0.3) is 0 Å². The summed E-state index contributed by atoms with van der Waals surface area (Å²) in [6, 6.07) is 0. The van der Waals surface area contributed by atoms with Crippen LogP contribution in [0, 0.1) is 0 Å². The summed E-state index contributed by atoms with van der Waals surface area (Å²) in [6.45, 7) is 0. The molecule has 0 rings (SSSR count). The van der Waals surface area contributed by atoms with E-state index < -0.39 is 0 Å². The minimum absolute atomic E-state index is 0. The molecule has 0 heterocycles. The van der Waals surface area contributed by atoms with Crippen LogP contribution in [0.5, 0.6) is 0 Å². The van der Waals surface area contributed by atoms with Crippen LogP contribution >= 0.6 is 13.5 Å². The fourth-order valence-corrected chi connectivity index (χ4v) is 0. The van der Waals surface area contributed by atoms with Crippen LogP contribution in [0.15, 0.2) is 0 Å². The predicted octanol–water partition coefficient (Wildman–Crippen LogP) is -0.808. The molecule has 0 aromatic rings. The molecule has 0 bridgehead atoms. The van der Waals surface area contributed by atoms with Crippen molar-refractivity contribution in [2.45, 2.75) is 0 Å². The van der Waals surface area contributed by atoms with Crippen molar-refractivity contribution in [1.82, 2.24) is 0 Å². The minimum Gasteiger partial charge on any atom is 0 e. The number of rotatable bonds is 0. The van der Waals surface area contributed by atoms with Crippen LogP contribution < -0.4 is 0 Å².